The number of ether oxygens (including phenoxy) is 1. The molecule has 2 bridgehead atoms. The maximum absolute atomic E-state index is 13.6. The molecular formula is C26H25ClN6O3. The van der Waals surface area contributed by atoms with Crippen LogP contribution in [0.1, 0.15) is 40.7 Å². The van der Waals surface area contributed by atoms with Gasteiger partial charge in [0.2, 0.25) is 5.78 Å². The molecule has 184 valence electrons. The normalized spacial score (nSPS) is 22.3. The van der Waals surface area contributed by atoms with Gasteiger partial charge in [0.05, 0.1) is 36.7 Å². The van der Waals surface area contributed by atoms with Gasteiger partial charge in [-0.3, -0.25) is 14.1 Å². The van der Waals surface area contributed by atoms with Gasteiger partial charge in [0.25, 0.3) is 5.91 Å². The van der Waals surface area contributed by atoms with E-state index in [1.807, 2.05) is 45.8 Å². The summed E-state index contributed by atoms with van der Waals surface area (Å²) in [5.41, 5.74) is 3.42. The molecule has 0 spiro atoms. The predicted octanol–water partition coefficient (Wildman–Crippen LogP) is 3.64. The summed E-state index contributed by atoms with van der Waals surface area (Å²) in [5.74, 6) is 1.70. The lowest BCUT2D eigenvalue weighted by Crippen LogP contribution is -2.66. The number of halogens is 1. The van der Waals surface area contributed by atoms with E-state index in [1.54, 1.807) is 6.20 Å². The number of nitrogens with zero attached hydrogens (tertiary/aromatic N) is 6. The Morgan fingerprint density at radius 3 is 2.61 bits per heavy atom. The van der Waals surface area contributed by atoms with E-state index >= 15 is 0 Å². The quantitative estimate of drug-likeness (QED) is 0.410. The van der Waals surface area contributed by atoms with Crippen LogP contribution >= 0.6 is 11.6 Å². The molecule has 2 unspecified atom stereocenters. The topological polar surface area (TPSA) is 89.0 Å². The Morgan fingerprint density at radius 1 is 1.08 bits per heavy atom. The van der Waals surface area contributed by atoms with Gasteiger partial charge >= 0.3 is 0 Å². The SMILES string of the molecule is O=C(c1ncoc1C1CC1)N1C2COCC1CN(Cc1c(-c3ccc(Cl)cc3)nc3ncccn13)C2. The number of piperazine rings is 1. The summed E-state index contributed by atoms with van der Waals surface area (Å²) in [6.45, 7) is 3.10. The van der Waals surface area contributed by atoms with Gasteiger partial charge in [-0.05, 0) is 31.0 Å². The standard InChI is InChI=1S/C26H25ClN6O3/c27-18-6-4-16(5-7-18)22-21(32-9-1-8-28-26(32)30-22)12-31-10-19-13-35-14-20(11-31)33(19)25(34)23-24(17-2-3-17)36-15-29-23/h1,4-9,15,17,19-20H,2-3,10-14H2. The summed E-state index contributed by atoms with van der Waals surface area (Å²) >= 11 is 6.13. The molecule has 2 saturated heterocycles. The second-order valence-corrected chi connectivity index (χ2v) is 10.2. The molecule has 0 radical (unpaired) electrons. The van der Waals surface area contributed by atoms with Crippen LogP contribution in [0.2, 0.25) is 5.02 Å². The van der Waals surface area contributed by atoms with Crippen molar-refractivity contribution in [3.05, 3.63) is 71.3 Å². The number of amides is 1. The molecule has 10 heteroatoms. The highest BCUT2D eigenvalue weighted by Gasteiger charge is 2.44. The summed E-state index contributed by atoms with van der Waals surface area (Å²) in [6, 6.07) is 9.55. The molecule has 2 atom stereocenters. The van der Waals surface area contributed by atoms with Gasteiger partial charge in [0.1, 0.15) is 5.76 Å². The minimum absolute atomic E-state index is 0.0375. The highest BCUT2D eigenvalue weighted by Crippen LogP contribution is 2.42. The van der Waals surface area contributed by atoms with E-state index in [0.717, 1.165) is 35.6 Å². The number of oxazole rings is 1. The van der Waals surface area contributed by atoms with Crippen molar-refractivity contribution < 1.29 is 13.9 Å². The molecule has 1 aliphatic carbocycles. The molecule has 9 nitrogen and oxygen atoms in total. The van der Waals surface area contributed by atoms with Crippen molar-refractivity contribution in [2.75, 3.05) is 26.3 Å². The third-order valence-corrected chi connectivity index (χ3v) is 7.57. The van der Waals surface area contributed by atoms with Crippen LogP contribution in [-0.2, 0) is 11.3 Å². The second-order valence-electron chi connectivity index (χ2n) is 9.79. The number of rotatable bonds is 5. The average Bonchev–Trinajstić information content (AvgIpc) is 3.50. The molecule has 1 amide bonds. The number of carbonyl (C=O) groups excluding carboxylic acids is 1. The molecular weight excluding hydrogens is 480 g/mol. The summed E-state index contributed by atoms with van der Waals surface area (Å²) < 4.78 is 13.5. The summed E-state index contributed by atoms with van der Waals surface area (Å²) in [4.78, 5) is 31.6. The Balaban J connectivity index is 1.18. The van der Waals surface area contributed by atoms with Crippen molar-refractivity contribution >= 4 is 23.3 Å². The summed E-state index contributed by atoms with van der Waals surface area (Å²) in [6.07, 6.45) is 7.27. The van der Waals surface area contributed by atoms with Crippen LogP contribution in [0.15, 0.2) is 53.5 Å². The molecule has 2 aliphatic heterocycles. The predicted molar refractivity (Wildman–Crippen MR) is 132 cm³/mol. The first-order chi connectivity index (χ1) is 17.7. The van der Waals surface area contributed by atoms with Crippen LogP contribution in [0, 0.1) is 0 Å². The van der Waals surface area contributed by atoms with Crippen LogP contribution in [-0.4, -0.2) is 73.4 Å². The summed E-state index contributed by atoms with van der Waals surface area (Å²) in [7, 11) is 0. The van der Waals surface area contributed by atoms with Crippen molar-refractivity contribution in [3.8, 4) is 11.3 Å². The monoisotopic (exact) mass is 504 g/mol. The first kappa shape index (κ1) is 22.0. The molecule has 0 N–H and O–H groups in total. The highest BCUT2D eigenvalue weighted by atomic mass is 35.5. The molecule has 3 aliphatic rings. The number of imidazole rings is 1. The van der Waals surface area contributed by atoms with Gasteiger partial charge in [-0.15, -0.1) is 0 Å². The maximum Gasteiger partial charge on any atom is 0.276 e. The van der Waals surface area contributed by atoms with Crippen LogP contribution < -0.4 is 0 Å². The lowest BCUT2D eigenvalue weighted by atomic mass is 10.0. The van der Waals surface area contributed by atoms with E-state index in [2.05, 4.69) is 14.9 Å². The third-order valence-electron chi connectivity index (χ3n) is 7.32. The molecule has 3 aromatic heterocycles. The fraction of sp³-hybridized carbons (Fsp3) is 0.385. The molecule has 7 rings (SSSR count). The van der Waals surface area contributed by atoms with Crippen LogP contribution in [0.3, 0.4) is 0 Å². The van der Waals surface area contributed by atoms with Crippen molar-refractivity contribution in [1.29, 1.82) is 0 Å². The Hall–Kier alpha value is -3.27. The number of fused-ring (bicyclic) bond motifs is 3. The Labute approximate surface area is 212 Å². The molecule has 4 aromatic rings. The van der Waals surface area contributed by atoms with E-state index in [-0.39, 0.29) is 18.0 Å². The third kappa shape index (κ3) is 3.78. The van der Waals surface area contributed by atoms with E-state index in [9.17, 15) is 4.79 Å². The highest BCUT2D eigenvalue weighted by molar-refractivity contribution is 6.30. The Kier molecular flexibility index (Phi) is 5.30. The van der Waals surface area contributed by atoms with Gasteiger partial charge in [-0.2, -0.15) is 0 Å². The average molecular weight is 505 g/mol. The van der Waals surface area contributed by atoms with Gasteiger partial charge in [0.15, 0.2) is 12.1 Å². The Morgan fingerprint density at radius 2 is 1.86 bits per heavy atom. The number of aromatic nitrogens is 4. The van der Waals surface area contributed by atoms with Crippen molar-refractivity contribution in [2.24, 2.45) is 0 Å². The molecule has 1 saturated carbocycles. The first-order valence-electron chi connectivity index (χ1n) is 12.3. The number of hydrogen-bond acceptors (Lipinski definition) is 7. The van der Waals surface area contributed by atoms with Gasteiger partial charge < -0.3 is 14.1 Å². The van der Waals surface area contributed by atoms with Crippen LogP contribution in [0.5, 0.6) is 0 Å². The summed E-state index contributed by atoms with van der Waals surface area (Å²) in [5, 5.41) is 0.688. The van der Waals surface area contributed by atoms with Crippen molar-refractivity contribution in [2.45, 2.75) is 37.4 Å². The smallest absolute Gasteiger partial charge is 0.276 e. The van der Waals surface area contributed by atoms with Crippen LogP contribution in [0.4, 0.5) is 0 Å². The second kappa shape index (κ2) is 8.69. The van der Waals surface area contributed by atoms with E-state index in [0.29, 0.717) is 55.3 Å². The number of carbonyl (C=O) groups is 1. The largest absolute Gasteiger partial charge is 0.447 e. The number of hydrogen-bond donors (Lipinski definition) is 0. The molecule has 36 heavy (non-hydrogen) atoms. The molecule has 3 fully saturated rings. The lowest BCUT2D eigenvalue weighted by Gasteiger charge is -2.49. The van der Waals surface area contributed by atoms with Crippen LogP contribution in [0.25, 0.3) is 17.0 Å². The van der Waals surface area contributed by atoms with E-state index < -0.39 is 0 Å². The van der Waals surface area contributed by atoms with Gasteiger partial charge in [0, 0.05) is 48.5 Å². The fourth-order valence-corrected chi connectivity index (χ4v) is 5.65. The zero-order valence-electron chi connectivity index (χ0n) is 19.6. The van der Waals surface area contributed by atoms with Crippen molar-refractivity contribution in [1.82, 2.24) is 29.2 Å². The number of benzene rings is 1. The molecule has 1 aromatic carbocycles. The number of morpholine rings is 1. The lowest BCUT2D eigenvalue weighted by molar-refractivity contribution is -0.0818. The van der Waals surface area contributed by atoms with E-state index in [1.165, 1.54) is 6.39 Å². The van der Waals surface area contributed by atoms with Gasteiger partial charge in [-0.25, -0.2) is 15.0 Å². The fourth-order valence-electron chi connectivity index (χ4n) is 5.52. The van der Waals surface area contributed by atoms with Crippen molar-refractivity contribution in [3.63, 3.8) is 0 Å². The minimum Gasteiger partial charge on any atom is -0.447 e. The van der Waals surface area contributed by atoms with E-state index in [4.69, 9.17) is 25.7 Å². The van der Waals surface area contributed by atoms with Gasteiger partial charge in [-0.1, -0.05) is 23.7 Å². The zero-order chi connectivity index (χ0) is 24.2. The molecule has 5 heterocycles. The Bertz CT molecular complexity index is 1420. The first-order valence-corrected chi connectivity index (χ1v) is 12.7. The minimum atomic E-state index is -0.0509. The maximum atomic E-state index is 13.6. The zero-order valence-corrected chi connectivity index (χ0v) is 20.3.